The molecule has 0 unspecified atom stereocenters. The van der Waals surface area contributed by atoms with Gasteiger partial charge in [0.15, 0.2) is 0 Å². The van der Waals surface area contributed by atoms with Crippen molar-refractivity contribution in [3.63, 3.8) is 0 Å². The van der Waals surface area contributed by atoms with Crippen molar-refractivity contribution in [1.82, 2.24) is 0 Å². The Kier molecular flexibility index (Phi) is 5.37. The van der Waals surface area contributed by atoms with Gasteiger partial charge in [-0.1, -0.05) is 6.07 Å². The lowest BCUT2D eigenvalue weighted by Crippen LogP contribution is -2.16. The van der Waals surface area contributed by atoms with E-state index in [9.17, 15) is 8.42 Å². The SMILES string of the molecule is Cc1cc(C)c(OCCCC(C)(C)C#N)c(S(N)(=O)=O)c1. The molecule has 0 amide bonds. The highest BCUT2D eigenvalue weighted by atomic mass is 32.2. The van der Waals surface area contributed by atoms with E-state index in [-0.39, 0.29) is 4.90 Å². The van der Waals surface area contributed by atoms with Crippen LogP contribution < -0.4 is 9.88 Å². The van der Waals surface area contributed by atoms with Crippen molar-refractivity contribution < 1.29 is 13.2 Å². The van der Waals surface area contributed by atoms with E-state index in [1.807, 2.05) is 19.9 Å². The number of primary sulfonamides is 1. The summed E-state index contributed by atoms with van der Waals surface area (Å²) < 4.78 is 28.9. The molecule has 0 fully saturated rings. The van der Waals surface area contributed by atoms with Crippen molar-refractivity contribution >= 4 is 10.0 Å². The van der Waals surface area contributed by atoms with E-state index in [1.54, 1.807) is 13.8 Å². The molecule has 1 aromatic carbocycles. The van der Waals surface area contributed by atoms with Crippen LogP contribution in [0.4, 0.5) is 0 Å². The van der Waals surface area contributed by atoms with E-state index >= 15 is 0 Å². The van der Waals surface area contributed by atoms with E-state index in [2.05, 4.69) is 6.07 Å². The number of nitrogens with two attached hydrogens (primary N) is 1. The molecule has 0 spiro atoms. The minimum atomic E-state index is -3.83. The molecule has 1 aromatic rings. The summed E-state index contributed by atoms with van der Waals surface area (Å²) in [5, 5.41) is 14.2. The Morgan fingerprint density at radius 3 is 2.48 bits per heavy atom. The van der Waals surface area contributed by atoms with Gasteiger partial charge in [0.1, 0.15) is 10.6 Å². The second-order valence-electron chi connectivity index (χ2n) is 5.90. The maximum atomic E-state index is 11.7. The average Bonchev–Trinajstić information content (AvgIpc) is 2.34. The summed E-state index contributed by atoms with van der Waals surface area (Å²) in [7, 11) is -3.83. The number of nitriles is 1. The lowest BCUT2D eigenvalue weighted by molar-refractivity contribution is 0.276. The number of aryl methyl sites for hydroxylation is 2. The van der Waals surface area contributed by atoms with Crippen LogP contribution in [0, 0.1) is 30.6 Å². The van der Waals surface area contributed by atoms with Crippen molar-refractivity contribution in [3.8, 4) is 11.8 Å². The smallest absolute Gasteiger partial charge is 0.241 e. The molecule has 2 N–H and O–H groups in total. The van der Waals surface area contributed by atoms with Gasteiger partial charge in [-0.25, -0.2) is 13.6 Å². The Balaban J connectivity index is 2.88. The van der Waals surface area contributed by atoms with Crippen molar-refractivity contribution in [3.05, 3.63) is 23.3 Å². The number of nitrogens with zero attached hydrogens (tertiary/aromatic N) is 1. The van der Waals surface area contributed by atoms with Crippen LogP contribution in [0.2, 0.25) is 0 Å². The first-order valence-electron chi connectivity index (χ1n) is 6.75. The largest absolute Gasteiger partial charge is 0.492 e. The van der Waals surface area contributed by atoms with Crippen LogP contribution in [-0.2, 0) is 10.0 Å². The van der Waals surface area contributed by atoms with E-state index in [1.165, 1.54) is 6.07 Å². The molecule has 21 heavy (non-hydrogen) atoms. The fourth-order valence-corrected chi connectivity index (χ4v) is 2.88. The van der Waals surface area contributed by atoms with Crippen LogP contribution in [0.1, 0.15) is 37.8 Å². The third-order valence-electron chi connectivity index (χ3n) is 3.19. The summed E-state index contributed by atoms with van der Waals surface area (Å²) in [6.45, 7) is 7.66. The normalized spacial score (nSPS) is 12.0. The Hall–Kier alpha value is -1.58. The number of hydrogen-bond donors (Lipinski definition) is 1. The molecule has 0 atom stereocenters. The fraction of sp³-hybridized carbons (Fsp3) is 0.533. The topological polar surface area (TPSA) is 93.2 Å². The molecule has 0 radical (unpaired) electrons. The lowest BCUT2D eigenvalue weighted by atomic mass is 9.90. The molecule has 0 aliphatic heterocycles. The zero-order valence-corrected chi connectivity index (χ0v) is 13.8. The highest BCUT2D eigenvalue weighted by Crippen LogP contribution is 2.29. The average molecular weight is 310 g/mol. The zero-order valence-electron chi connectivity index (χ0n) is 12.9. The Labute approximate surface area is 126 Å². The van der Waals surface area contributed by atoms with Gasteiger partial charge in [0.25, 0.3) is 0 Å². The van der Waals surface area contributed by atoms with Gasteiger partial charge in [-0.3, -0.25) is 0 Å². The van der Waals surface area contributed by atoms with Crippen molar-refractivity contribution in [2.24, 2.45) is 10.6 Å². The molecule has 0 bridgehead atoms. The van der Waals surface area contributed by atoms with E-state index < -0.39 is 15.4 Å². The van der Waals surface area contributed by atoms with Gasteiger partial charge in [0, 0.05) is 0 Å². The monoisotopic (exact) mass is 310 g/mol. The summed E-state index contributed by atoms with van der Waals surface area (Å²) in [5.74, 6) is 0.304. The molecule has 0 saturated heterocycles. The third kappa shape index (κ3) is 5.03. The lowest BCUT2D eigenvalue weighted by Gasteiger charge is -2.17. The highest BCUT2D eigenvalue weighted by molar-refractivity contribution is 7.89. The summed E-state index contributed by atoms with van der Waals surface area (Å²) >= 11 is 0. The molecule has 0 saturated carbocycles. The summed E-state index contributed by atoms with van der Waals surface area (Å²) in [6, 6.07) is 5.58. The summed E-state index contributed by atoms with van der Waals surface area (Å²) in [4.78, 5) is 0.0135. The number of sulfonamides is 1. The standard InChI is InChI=1S/C15H22N2O3S/c1-11-8-12(2)14(13(9-11)21(17,18)19)20-7-5-6-15(3,4)10-16/h8-9H,5-7H2,1-4H3,(H2,17,18,19). The quantitative estimate of drug-likeness (QED) is 0.817. The van der Waals surface area contributed by atoms with Crippen LogP contribution in [0.3, 0.4) is 0 Å². The van der Waals surface area contributed by atoms with Crippen LogP contribution in [-0.4, -0.2) is 15.0 Å². The molecule has 0 aliphatic rings. The minimum absolute atomic E-state index is 0.0135. The minimum Gasteiger partial charge on any atom is -0.492 e. The van der Waals surface area contributed by atoms with E-state index in [4.69, 9.17) is 15.1 Å². The molecule has 6 heteroatoms. The van der Waals surface area contributed by atoms with Crippen LogP contribution in [0.25, 0.3) is 0 Å². The number of rotatable bonds is 6. The van der Waals surface area contributed by atoms with Gasteiger partial charge in [-0.2, -0.15) is 5.26 Å². The summed E-state index contributed by atoms with van der Waals surface area (Å²) in [6.07, 6.45) is 1.34. The van der Waals surface area contributed by atoms with Crippen LogP contribution in [0.15, 0.2) is 17.0 Å². The van der Waals surface area contributed by atoms with Gasteiger partial charge in [-0.05, 0) is 57.7 Å². The number of ether oxygens (including phenoxy) is 1. The van der Waals surface area contributed by atoms with Gasteiger partial charge in [-0.15, -0.1) is 0 Å². The second-order valence-corrected chi connectivity index (χ2v) is 7.43. The van der Waals surface area contributed by atoms with Crippen LogP contribution in [0.5, 0.6) is 5.75 Å². The van der Waals surface area contributed by atoms with Gasteiger partial charge in [0.2, 0.25) is 10.0 Å². The maximum absolute atomic E-state index is 11.7. The molecule has 0 aliphatic carbocycles. The highest BCUT2D eigenvalue weighted by Gasteiger charge is 2.19. The van der Waals surface area contributed by atoms with Crippen molar-refractivity contribution in [1.29, 1.82) is 5.26 Å². The Morgan fingerprint density at radius 1 is 1.33 bits per heavy atom. The van der Waals surface area contributed by atoms with Crippen molar-refractivity contribution in [2.45, 2.75) is 45.4 Å². The predicted molar refractivity (Wildman–Crippen MR) is 81.4 cm³/mol. The number of hydrogen-bond acceptors (Lipinski definition) is 4. The van der Waals surface area contributed by atoms with Crippen molar-refractivity contribution in [2.75, 3.05) is 6.61 Å². The van der Waals surface area contributed by atoms with E-state index in [0.29, 0.717) is 25.2 Å². The Bertz CT molecular complexity index is 658. The molecule has 1 rings (SSSR count). The first kappa shape index (κ1) is 17.5. The molecule has 116 valence electrons. The number of benzene rings is 1. The summed E-state index contributed by atoms with van der Waals surface area (Å²) in [5.41, 5.74) is 1.14. The molecular weight excluding hydrogens is 288 g/mol. The van der Waals surface area contributed by atoms with E-state index in [0.717, 1.165) is 11.1 Å². The molecule has 0 aromatic heterocycles. The van der Waals surface area contributed by atoms with Gasteiger partial charge in [0.05, 0.1) is 18.1 Å². The van der Waals surface area contributed by atoms with Gasteiger partial charge >= 0.3 is 0 Å². The third-order valence-corrected chi connectivity index (χ3v) is 4.10. The molecular formula is C15H22N2O3S. The molecule has 0 heterocycles. The first-order chi connectivity index (χ1) is 9.57. The zero-order chi connectivity index (χ0) is 16.3. The predicted octanol–water partition coefficient (Wildman–Crippen LogP) is 2.66. The molecule has 5 nitrogen and oxygen atoms in total. The first-order valence-corrected chi connectivity index (χ1v) is 8.29. The second kappa shape index (κ2) is 6.46. The Morgan fingerprint density at radius 2 is 1.95 bits per heavy atom. The van der Waals surface area contributed by atoms with Gasteiger partial charge < -0.3 is 4.74 Å². The maximum Gasteiger partial charge on any atom is 0.241 e. The van der Waals surface area contributed by atoms with Crippen LogP contribution >= 0.6 is 0 Å². The fourth-order valence-electron chi connectivity index (χ4n) is 2.06.